The van der Waals surface area contributed by atoms with E-state index in [0.29, 0.717) is 16.1 Å². The summed E-state index contributed by atoms with van der Waals surface area (Å²) in [7, 11) is 1.39. The van der Waals surface area contributed by atoms with Gasteiger partial charge in [-0.2, -0.15) is 0 Å². The van der Waals surface area contributed by atoms with E-state index in [2.05, 4.69) is 15.9 Å². The Morgan fingerprint density at radius 3 is 2.42 bits per heavy atom. The van der Waals surface area contributed by atoms with Crippen molar-refractivity contribution < 1.29 is 14.2 Å². The molecule has 0 spiro atoms. The molecule has 0 radical (unpaired) electrons. The van der Waals surface area contributed by atoms with Crippen LogP contribution < -0.4 is 4.74 Å². The normalized spacial score (nSPS) is 12.3. The van der Waals surface area contributed by atoms with Crippen molar-refractivity contribution in [2.45, 2.75) is 6.10 Å². The SMILES string of the molecule is COc1ccc(C(O)c2ccc(Br)c(Cl)c2)cc1F. The molecule has 0 aliphatic rings. The highest BCUT2D eigenvalue weighted by Gasteiger charge is 2.14. The summed E-state index contributed by atoms with van der Waals surface area (Å²) >= 11 is 9.25. The summed E-state index contributed by atoms with van der Waals surface area (Å²) in [6, 6.07) is 9.44. The Kier molecular flexibility index (Phi) is 4.45. The molecule has 19 heavy (non-hydrogen) atoms. The quantitative estimate of drug-likeness (QED) is 0.897. The van der Waals surface area contributed by atoms with Crippen molar-refractivity contribution in [1.82, 2.24) is 0 Å². The van der Waals surface area contributed by atoms with Gasteiger partial charge in [-0.3, -0.25) is 0 Å². The fraction of sp³-hybridized carbons (Fsp3) is 0.143. The molecule has 0 saturated heterocycles. The van der Waals surface area contributed by atoms with Crippen LogP contribution >= 0.6 is 27.5 Å². The van der Waals surface area contributed by atoms with Crippen LogP contribution in [0.15, 0.2) is 40.9 Å². The molecule has 2 aromatic rings. The van der Waals surface area contributed by atoms with Gasteiger partial charge in [0, 0.05) is 4.47 Å². The average Bonchev–Trinajstić information content (AvgIpc) is 2.41. The second-order valence-corrected chi connectivity index (χ2v) is 5.23. The van der Waals surface area contributed by atoms with Crippen LogP contribution in [0.2, 0.25) is 5.02 Å². The average molecular weight is 346 g/mol. The van der Waals surface area contributed by atoms with Gasteiger partial charge in [0.1, 0.15) is 6.10 Å². The van der Waals surface area contributed by atoms with Crippen molar-refractivity contribution in [3.63, 3.8) is 0 Å². The Labute approximate surface area is 123 Å². The molecule has 2 aromatic carbocycles. The number of aliphatic hydroxyl groups is 1. The van der Waals surface area contributed by atoms with Crippen LogP contribution in [0, 0.1) is 5.82 Å². The first kappa shape index (κ1) is 14.3. The minimum atomic E-state index is -0.939. The van der Waals surface area contributed by atoms with Gasteiger partial charge in [-0.15, -0.1) is 0 Å². The van der Waals surface area contributed by atoms with E-state index in [4.69, 9.17) is 16.3 Å². The molecule has 0 bridgehead atoms. The molecule has 0 aromatic heterocycles. The van der Waals surface area contributed by atoms with Gasteiger partial charge in [0.25, 0.3) is 0 Å². The van der Waals surface area contributed by atoms with Crippen LogP contribution in [-0.4, -0.2) is 12.2 Å². The van der Waals surface area contributed by atoms with Gasteiger partial charge in [0.05, 0.1) is 12.1 Å². The fourth-order valence-electron chi connectivity index (χ4n) is 1.73. The monoisotopic (exact) mass is 344 g/mol. The largest absolute Gasteiger partial charge is 0.494 e. The third-order valence-electron chi connectivity index (χ3n) is 2.75. The number of rotatable bonds is 3. The molecule has 0 heterocycles. The van der Waals surface area contributed by atoms with E-state index in [1.165, 1.54) is 19.2 Å². The number of hydrogen-bond acceptors (Lipinski definition) is 2. The topological polar surface area (TPSA) is 29.5 Å². The molecular formula is C14H11BrClFO2. The van der Waals surface area contributed by atoms with Crippen molar-refractivity contribution in [2.75, 3.05) is 7.11 Å². The third kappa shape index (κ3) is 3.08. The lowest BCUT2D eigenvalue weighted by atomic mass is 10.0. The predicted octanol–water partition coefficient (Wildman–Crippen LogP) is 4.33. The summed E-state index contributed by atoms with van der Waals surface area (Å²) in [5.74, 6) is -0.368. The second-order valence-electron chi connectivity index (χ2n) is 3.97. The maximum atomic E-state index is 13.6. The number of benzene rings is 2. The second kappa shape index (κ2) is 5.90. The van der Waals surface area contributed by atoms with Gasteiger partial charge >= 0.3 is 0 Å². The minimum Gasteiger partial charge on any atom is -0.494 e. The summed E-state index contributed by atoms with van der Waals surface area (Å²) in [5.41, 5.74) is 1.04. The maximum Gasteiger partial charge on any atom is 0.165 e. The fourth-order valence-corrected chi connectivity index (χ4v) is 2.16. The van der Waals surface area contributed by atoms with Crippen molar-refractivity contribution in [3.8, 4) is 5.75 Å². The first-order chi connectivity index (χ1) is 9.02. The van der Waals surface area contributed by atoms with Crippen molar-refractivity contribution in [3.05, 3.63) is 62.8 Å². The Balaban J connectivity index is 2.35. The molecule has 5 heteroatoms. The van der Waals surface area contributed by atoms with Gasteiger partial charge in [-0.25, -0.2) is 4.39 Å². The van der Waals surface area contributed by atoms with Crippen molar-refractivity contribution in [2.24, 2.45) is 0 Å². The van der Waals surface area contributed by atoms with Crippen LogP contribution in [0.25, 0.3) is 0 Å². The summed E-state index contributed by atoms with van der Waals surface area (Å²) < 4.78 is 19.2. The molecule has 0 aliphatic heterocycles. The van der Waals surface area contributed by atoms with Gasteiger partial charge in [0.2, 0.25) is 0 Å². The van der Waals surface area contributed by atoms with Crippen LogP contribution in [0.1, 0.15) is 17.2 Å². The minimum absolute atomic E-state index is 0.143. The molecule has 100 valence electrons. The highest BCUT2D eigenvalue weighted by Crippen LogP contribution is 2.30. The van der Waals surface area contributed by atoms with Crippen LogP contribution in [0.4, 0.5) is 4.39 Å². The maximum absolute atomic E-state index is 13.6. The zero-order valence-corrected chi connectivity index (χ0v) is 12.4. The molecule has 1 N–H and O–H groups in total. The van der Waals surface area contributed by atoms with E-state index in [1.807, 2.05) is 0 Å². The Morgan fingerprint density at radius 1 is 1.21 bits per heavy atom. The summed E-state index contributed by atoms with van der Waals surface area (Å²) in [5, 5.41) is 10.7. The van der Waals surface area contributed by atoms with Gasteiger partial charge < -0.3 is 9.84 Å². The number of hydrogen-bond donors (Lipinski definition) is 1. The summed E-state index contributed by atoms with van der Waals surface area (Å²) in [6.45, 7) is 0. The number of methoxy groups -OCH3 is 1. The predicted molar refractivity (Wildman–Crippen MR) is 76.2 cm³/mol. The Bertz CT molecular complexity index is 604. The number of aliphatic hydroxyl groups excluding tert-OH is 1. The molecular weight excluding hydrogens is 335 g/mol. The van der Waals surface area contributed by atoms with Crippen LogP contribution in [-0.2, 0) is 0 Å². The molecule has 0 aliphatic carbocycles. The number of halogens is 3. The van der Waals surface area contributed by atoms with Gasteiger partial charge in [-0.05, 0) is 51.3 Å². The first-order valence-electron chi connectivity index (χ1n) is 5.49. The Hall–Kier alpha value is -1.10. The van der Waals surface area contributed by atoms with Gasteiger partial charge in [0.15, 0.2) is 11.6 Å². The van der Waals surface area contributed by atoms with E-state index in [-0.39, 0.29) is 5.75 Å². The lowest BCUT2D eigenvalue weighted by Crippen LogP contribution is -2.01. The highest BCUT2D eigenvalue weighted by molar-refractivity contribution is 9.10. The Morgan fingerprint density at radius 2 is 1.84 bits per heavy atom. The molecule has 2 nitrogen and oxygen atoms in total. The lowest BCUT2D eigenvalue weighted by molar-refractivity contribution is 0.219. The first-order valence-corrected chi connectivity index (χ1v) is 6.66. The molecule has 2 rings (SSSR count). The molecule has 0 fully saturated rings. The lowest BCUT2D eigenvalue weighted by Gasteiger charge is -2.13. The standard InChI is InChI=1S/C14H11BrClFO2/c1-19-13-5-3-9(7-12(13)17)14(18)8-2-4-10(15)11(16)6-8/h2-7,14,18H,1H3. The van der Waals surface area contributed by atoms with Crippen LogP contribution in [0.5, 0.6) is 5.75 Å². The zero-order valence-electron chi connectivity index (χ0n) is 10.0. The van der Waals surface area contributed by atoms with E-state index in [1.54, 1.807) is 24.3 Å². The number of ether oxygens (including phenoxy) is 1. The van der Waals surface area contributed by atoms with Gasteiger partial charge in [-0.1, -0.05) is 23.7 Å². The molecule has 0 saturated carbocycles. The molecule has 0 amide bonds. The third-order valence-corrected chi connectivity index (χ3v) is 3.98. The summed E-state index contributed by atoms with van der Waals surface area (Å²) in [4.78, 5) is 0. The van der Waals surface area contributed by atoms with Crippen molar-refractivity contribution in [1.29, 1.82) is 0 Å². The van der Waals surface area contributed by atoms with E-state index < -0.39 is 11.9 Å². The van der Waals surface area contributed by atoms with Crippen LogP contribution in [0.3, 0.4) is 0 Å². The summed E-state index contributed by atoms with van der Waals surface area (Å²) in [6.07, 6.45) is -0.939. The van der Waals surface area contributed by atoms with Crippen molar-refractivity contribution >= 4 is 27.5 Å². The molecule has 1 atom stereocenters. The molecule has 1 unspecified atom stereocenters. The van der Waals surface area contributed by atoms with E-state index in [0.717, 1.165) is 4.47 Å². The van der Waals surface area contributed by atoms with E-state index in [9.17, 15) is 9.50 Å². The highest BCUT2D eigenvalue weighted by atomic mass is 79.9. The van der Waals surface area contributed by atoms with E-state index >= 15 is 0 Å². The zero-order chi connectivity index (χ0) is 14.0. The smallest absolute Gasteiger partial charge is 0.165 e.